The molecule has 0 aliphatic rings. The van der Waals surface area contributed by atoms with Gasteiger partial charge in [-0.25, -0.2) is 0 Å². The number of ketones is 1. The summed E-state index contributed by atoms with van der Waals surface area (Å²) >= 11 is 0. The first-order chi connectivity index (χ1) is 11.1. The monoisotopic (exact) mass is 326 g/mol. The quantitative estimate of drug-likeness (QED) is 0.276. The van der Waals surface area contributed by atoms with E-state index in [0.29, 0.717) is 19.3 Å². The largest absolute Gasteiger partial charge is 0.469 e. The SMILES string of the molecule is CCCCCCC(=O)/C=C/C(O)CCCCCCCC(=O)OC. The van der Waals surface area contributed by atoms with Crippen LogP contribution < -0.4 is 0 Å². The number of rotatable bonds is 15. The number of ether oxygens (including phenoxy) is 1. The van der Waals surface area contributed by atoms with Crippen molar-refractivity contribution in [3.63, 3.8) is 0 Å². The Kier molecular flexibility index (Phi) is 14.9. The molecule has 0 aromatic heterocycles. The van der Waals surface area contributed by atoms with E-state index in [2.05, 4.69) is 11.7 Å². The summed E-state index contributed by atoms with van der Waals surface area (Å²) in [6.45, 7) is 2.15. The number of allylic oxidation sites excluding steroid dienone is 1. The van der Waals surface area contributed by atoms with E-state index in [0.717, 1.165) is 44.9 Å². The van der Waals surface area contributed by atoms with E-state index in [1.165, 1.54) is 26.0 Å². The highest BCUT2D eigenvalue weighted by Crippen LogP contribution is 2.10. The van der Waals surface area contributed by atoms with Crippen LogP contribution in [0.15, 0.2) is 12.2 Å². The van der Waals surface area contributed by atoms with Crippen LogP contribution in [0.25, 0.3) is 0 Å². The summed E-state index contributed by atoms with van der Waals surface area (Å²) in [6.07, 6.45) is 13.7. The van der Waals surface area contributed by atoms with Crippen LogP contribution >= 0.6 is 0 Å². The summed E-state index contributed by atoms with van der Waals surface area (Å²) in [5, 5.41) is 9.81. The first-order valence-corrected chi connectivity index (χ1v) is 9.06. The van der Waals surface area contributed by atoms with E-state index in [9.17, 15) is 14.7 Å². The number of carbonyl (C=O) groups excluding carboxylic acids is 2. The van der Waals surface area contributed by atoms with E-state index in [4.69, 9.17) is 0 Å². The number of methoxy groups -OCH3 is 1. The maximum absolute atomic E-state index is 11.6. The molecule has 0 fully saturated rings. The van der Waals surface area contributed by atoms with Crippen molar-refractivity contribution in [2.24, 2.45) is 0 Å². The van der Waals surface area contributed by atoms with Crippen LogP contribution in [0.1, 0.15) is 84.0 Å². The van der Waals surface area contributed by atoms with Crippen LogP contribution in [0.5, 0.6) is 0 Å². The molecule has 1 atom stereocenters. The van der Waals surface area contributed by atoms with E-state index in [-0.39, 0.29) is 11.8 Å². The van der Waals surface area contributed by atoms with Crippen LogP contribution in [0.3, 0.4) is 0 Å². The lowest BCUT2D eigenvalue weighted by molar-refractivity contribution is -0.140. The summed E-state index contributed by atoms with van der Waals surface area (Å²) in [4.78, 5) is 22.5. The van der Waals surface area contributed by atoms with Crippen molar-refractivity contribution in [1.29, 1.82) is 0 Å². The second kappa shape index (κ2) is 15.7. The zero-order valence-corrected chi connectivity index (χ0v) is 14.9. The highest BCUT2D eigenvalue weighted by molar-refractivity contribution is 5.89. The minimum absolute atomic E-state index is 0.114. The van der Waals surface area contributed by atoms with Crippen molar-refractivity contribution >= 4 is 11.8 Å². The molecule has 4 nitrogen and oxygen atoms in total. The molecule has 1 unspecified atom stereocenters. The molecule has 134 valence electrons. The lowest BCUT2D eigenvalue weighted by atomic mass is 10.1. The van der Waals surface area contributed by atoms with Gasteiger partial charge in [0.05, 0.1) is 13.2 Å². The maximum atomic E-state index is 11.6. The molecule has 0 rings (SSSR count). The number of unbranched alkanes of at least 4 members (excludes halogenated alkanes) is 7. The minimum Gasteiger partial charge on any atom is -0.469 e. The first kappa shape index (κ1) is 21.8. The zero-order chi connectivity index (χ0) is 17.3. The van der Waals surface area contributed by atoms with Gasteiger partial charge in [-0.1, -0.05) is 57.9 Å². The molecule has 23 heavy (non-hydrogen) atoms. The van der Waals surface area contributed by atoms with Crippen molar-refractivity contribution in [2.45, 2.75) is 90.1 Å². The van der Waals surface area contributed by atoms with E-state index >= 15 is 0 Å². The Labute approximate surface area is 141 Å². The number of aliphatic hydroxyl groups is 1. The molecule has 0 heterocycles. The van der Waals surface area contributed by atoms with E-state index < -0.39 is 6.10 Å². The molecule has 0 amide bonds. The number of hydrogen-bond donors (Lipinski definition) is 1. The number of hydrogen-bond acceptors (Lipinski definition) is 4. The third kappa shape index (κ3) is 15.5. The van der Waals surface area contributed by atoms with Crippen molar-refractivity contribution < 1.29 is 19.4 Å². The third-order valence-corrected chi connectivity index (χ3v) is 3.89. The second-order valence-corrected chi connectivity index (χ2v) is 6.09. The molecule has 0 saturated heterocycles. The molecule has 0 saturated carbocycles. The lowest BCUT2D eigenvalue weighted by Gasteiger charge is -2.05. The fourth-order valence-corrected chi connectivity index (χ4v) is 2.38. The Morgan fingerprint density at radius 1 is 0.957 bits per heavy atom. The molecule has 0 radical (unpaired) electrons. The summed E-state index contributed by atoms with van der Waals surface area (Å²) in [5.41, 5.74) is 0. The average molecular weight is 326 g/mol. The molecular weight excluding hydrogens is 292 g/mol. The highest BCUT2D eigenvalue weighted by Gasteiger charge is 2.03. The predicted molar refractivity (Wildman–Crippen MR) is 93.2 cm³/mol. The van der Waals surface area contributed by atoms with Gasteiger partial charge in [-0.15, -0.1) is 0 Å². The van der Waals surface area contributed by atoms with Crippen molar-refractivity contribution in [3.05, 3.63) is 12.2 Å². The normalized spacial score (nSPS) is 12.5. The second-order valence-electron chi connectivity index (χ2n) is 6.09. The third-order valence-electron chi connectivity index (χ3n) is 3.89. The van der Waals surface area contributed by atoms with Crippen molar-refractivity contribution in [1.82, 2.24) is 0 Å². The van der Waals surface area contributed by atoms with Crippen LogP contribution in [0.4, 0.5) is 0 Å². The van der Waals surface area contributed by atoms with Gasteiger partial charge in [-0.05, 0) is 25.3 Å². The predicted octanol–water partition coefficient (Wildman–Crippen LogP) is 4.35. The molecule has 0 spiro atoms. The summed E-state index contributed by atoms with van der Waals surface area (Å²) in [7, 11) is 1.41. The average Bonchev–Trinajstić information content (AvgIpc) is 2.55. The smallest absolute Gasteiger partial charge is 0.305 e. The first-order valence-electron chi connectivity index (χ1n) is 9.06. The van der Waals surface area contributed by atoms with Gasteiger partial charge in [0.15, 0.2) is 5.78 Å². The maximum Gasteiger partial charge on any atom is 0.305 e. The van der Waals surface area contributed by atoms with Gasteiger partial charge in [0, 0.05) is 12.8 Å². The molecule has 0 aromatic carbocycles. The summed E-state index contributed by atoms with van der Waals surface area (Å²) in [5.74, 6) is -0.0344. The molecule has 0 aliphatic heterocycles. The lowest BCUT2D eigenvalue weighted by Crippen LogP contribution is -2.03. The molecule has 0 aliphatic carbocycles. The minimum atomic E-state index is -0.523. The highest BCUT2D eigenvalue weighted by atomic mass is 16.5. The number of carbonyl (C=O) groups is 2. The van der Waals surface area contributed by atoms with Gasteiger partial charge < -0.3 is 9.84 Å². The summed E-state index contributed by atoms with van der Waals surface area (Å²) < 4.78 is 4.58. The Morgan fingerprint density at radius 2 is 1.57 bits per heavy atom. The number of aliphatic hydroxyl groups excluding tert-OH is 1. The number of esters is 1. The van der Waals surface area contributed by atoms with E-state index in [1.807, 2.05) is 0 Å². The van der Waals surface area contributed by atoms with Gasteiger partial charge in [0.2, 0.25) is 0 Å². The van der Waals surface area contributed by atoms with Crippen molar-refractivity contribution in [2.75, 3.05) is 7.11 Å². The Morgan fingerprint density at radius 3 is 2.26 bits per heavy atom. The zero-order valence-electron chi connectivity index (χ0n) is 14.9. The van der Waals surface area contributed by atoms with Gasteiger partial charge >= 0.3 is 5.97 Å². The Bertz CT molecular complexity index is 336. The van der Waals surface area contributed by atoms with Gasteiger partial charge in [0.1, 0.15) is 0 Å². The Balaban J connectivity index is 3.51. The summed E-state index contributed by atoms with van der Waals surface area (Å²) in [6, 6.07) is 0. The topological polar surface area (TPSA) is 63.6 Å². The van der Waals surface area contributed by atoms with Crippen molar-refractivity contribution in [3.8, 4) is 0 Å². The molecule has 4 heteroatoms. The van der Waals surface area contributed by atoms with Crippen LogP contribution in [0, 0.1) is 0 Å². The van der Waals surface area contributed by atoms with E-state index in [1.54, 1.807) is 6.08 Å². The molecule has 0 aromatic rings. The molecular formula is C19H34O4. The van der Waals surface area contributed by atoms with Gasteiger partial charge in [0.25, 0.3) is 0 Å². The molecule has 1 N–H and O–H groups in total. The van der Waals surface area contributed by atoms with Gasteiger partial charge in [-0.2, -0.15) is 0 Å². The van der Waals surface area contributed by atoms with Crippen LogP contribution in [-0.4, -0.2) is 30.1 Å². The standard InChI is InChI=1S/C19H34O4/c1-3-4-5-9-12-17(20)15-16-18(21)13-10-7-6-8-11-14-19(22)23-2/h15-16,18,21H,3-14H2,1-2H3/b16-15+. The van der Waals surface area contributed by atoms with Crippen LogP contribution in [-0.2, 0) is 14.3 Å². The van der Waals surface area contributed by atoms with Crippen LogP contribution in [0.2, 0.25) is 0 Å². The fourth-order valence-electron chi connectivity index (χ4n) is 2.38. The molecule has 0 bridgehead atoms. The fraction of sp³-hybridized carbons (Fsp3) is 0.789. The van der Waals surface area contributed by atoms with Gasteiger partial charge in [-0.3, -0.25) is 9.59 Å². The Hall–Kier alpha value is -1.16.